The van der Waals surface area contributed by atoms with Crippen molar-refractivity contribution in [3.8, 4) is 0 Å². The normalized spacial score (nSPS) is 32.0. The Morgan fingerprint density at radius 2 is 2.00 bits per heavy atom. The Kier molecular flexibility index (Phi) is 6.34. The van der Waals surface area contributed by atoms with E-state index in [4.69, 9.17) is 5.73 Å². The van der Waals surface area contributed by atoms with Crippen LogP contribution in [-0.2, 0) is 4.79 Å². The van der Waals surface area contributed by atoms with Crippen molar-refractivity contribution in [1.29, 1.82) is 0 Å². The van der Waals surface area contributed by atoms with Crippen LogP contribution in [0.3, 0.4) is 0 Å². The molecule has 1 amide bonds. The summed E-state index contributed by atoms with van der Waals surface area (Å²) in [4.78, 5) is 13.7. The van der Waals surface area contributed by atoms with Gasteiger partial charge >= 0.3 is 0 Å². The van der Waals surface area contributed by atoms with Gasteiger partial charge in [-0.3, -0.25) is 4.79 Å². The molecule has 2 fully saturated rings. The Hall–Kier alpha value is -0.100. The van der Waals surface area contributed by atoms with Gasteiger partial charge in [-0.25, -0.2) is 0 Å². The van der Waals surface area contributed by atoms with Gasteiger partial charge in [0.15, 0.2) is 0 Å². The molecule has 3 nitrogen and oxygen atoms in total. The minimum absolute atomic E-state index is 0. The van der Waals surface area contributed by atoms with Gasteiger partial charge in [-0.1, -0.05) is 6.42 Å². The van der Waals surface area contributed by atoms with Crippen LogP contribution in [0.25, 0.3) is 0 Å². The number of hydrogen-bond donors (Lipinski definition) is 2. The lowest BCUT2D eigenvalue weighted by Gasteiger charge is -2.45. The Morgan fingerprint density at radius 3 is 2.55 bits per heavy atom. The largest absolute Gasteiger partial charge is 0.352 e. The van der Waals surface area contributed by atoms with Crippen molar-refractivity contribution in [2.45, 2.75) is 57.0 Å². The standard InChI is InChI=1S/C16H23BrN2OS.ClH/c1-9(13-5-6-14(17)21-13)16(20)19-15-10-3-2-4-11(15)8-12(18)7-10;/h5-6,9-12,15H,2-4,7-8,18H2,1H3,(H,19,20);1H. The quantitative estimate of drug-likeness (QED) is 0.794. The van der Waals surface area contributed by atoms with E-state index in [-0.39, 0.29) is 24.2 Å². The lowest BCUT2D eigenvalue weighted by molar-refractivity contribution is -0.124. The van der Waals surface area contributed by atoms with E-state index in [1.807, 2.05) is 19.1 Å². The number of carbonyl (C=O) groups is 1. The fourth-order valence-electron chi connectivity index (χ4n) is 4.00. The second kappa shape index (κ2) is 7.65. The number of rotatable bonds is 3. The fourth-order valence-corrected chi connectivity index (χ4v) is 5.48. The number of amides is 1. The van der Waals surface area contributed by atoms with Crippen molar-refractivity contribution in [3.63, 3.8) is 0 Å². The fraction of sp³-hybridized carbons (Fsp3) is 0.688. The zero-order valence-corrected chi connectivity index (χ0v) is 16.0. The summed E-state index contributed by atoms with van der Waals surface area (Å²) in [5.74, 6) is 1.26. The molecular weight excluding hydrogens is 384 g/mol. The molecule has 0 saturated heterocycles. The van der Waals surface area contributed by atoms with Crippen molar-refractivity contribution in [3.05, 3.63) is 20.8 Å². The summed E-state index contributed by atoms with van der Waals surface area (Å²) >= 11 is 5.11. The maximum absolute atomic E-state index is 12.6. The molecule has 0 spiro atoms. The molecule has 2 aliphatic rings. The smallest absolute Gasteiger partial charge is 0.228 e. The average Bonchev–Trinajstić information content (AvgIpc) is 2.85. The Bertz CT molecular complexity index is 510. The molecule has 2 saturated carbocycles. The van der Waals surface area contributed by atoms with Gasteiger partial charge in [-0.05, 0) is 72.5 Å². The highest BCUT2D eigenvalue weighted by atomic mass is 79.9. The van der Waals surface area contributed by atoms with Crippen molar-refractivity contribution < 1.29 is 4.79 Å². The molecule has 2 aliphatic carbocycles. The van der Waals surface area contributed by atoms with Gasteiger partial charge in [0, 0.05) is 17.0 Å². The highest BCUT2D eigenvalue weighted by molar-refractivity contribution is 9.11. The van der Waals surface area contributed by atoms with E-state index in [1.165, 1.54) is 19.3 Å². The summed E-state index contributed by atoms with van der Waals surface area (Å²) < 4.78 is 1.08. The molecule has 3 rings (SSSR count). The maximum Gasteiger partial charge on any atom is 0.228 e. The van der Waals surface area contributed by atoms with Crippen LogP contribution in [0.4, 0.5) is 0 Å². The maximum atomic E-state index is 12.6. The third-order valence-electron chi connectivity index (χ3n) is 5.10. The van der Waals surface area contributed by atoms with E-state index >= 15 is 0 Å². The predicted molar refractivity (Wildman–Crippen MR) is 97.7 cm³/mol. The zero-order valence-electron chi connectivity index (χ0n) is 12.8. The molecule has 6 heteroatoms. The van der Waals surface area contributed by atoms with Crippen LogP contribution in [-0.4, -0.2) is 18.0 Å². The lowest BCUT2D eigenvalue weighted by Crippen LogP contribution is -2.54. The van der Waals surface area contributed by atoms with Gasteiger partial charge in [0.2, 0.25) is 5.91 Å². The molecule has 3 unspecified atom stereocenters. The lowest BCUT2D eigenvalue weighted by atomic mass is 9.67. The summed E-state index contributed by atoms with van der Waals surface area (Å²) in [6, 6.07) is 4.73. The molecule has 1 aromatic rings. The molecule has 1 heterocycles. The Balaban J connectivity index is 0.00000176. The summed E-state index contributed by atoms with van der Waals surface area (Å²) in [6.45, 7) is 2.00. The third kappa shape index (κ3) is 3.86. The molecule has 0 aliphatic heterocycles. The molecular formula is C16H24BrClN2OS. The number of nitrogens with one attached hydrogen (secondary N) is 1. The van der Waals surface area contributed by atoms with E-state index in [0.29, 0.717) is 23.9 Å². The van der Waals surface area contributed by atoms with Crippen molar-refractivity contribution in [2.75, 3.05) is 0 Å². The third-order valence-corrected chi connectivity index (χ3v) is 6.91. The second-order valence-electron chi connectivity index (χ2n) is 6.58. The first-order chi connectivity index (χ1) is 10.0. The number of halogens is 2. The SMILES string of the molecule is CC(C(=O)NC1C2CCCC1CC(N)C2)c1ccc(Br)s1.Cl. The first-order valence-corrected chi connectivity index (χ1v) is 9.46. The van der Waals surface area contributed by atoms with Gasteiger partial charge in [0.05, 0.1) is 9.70 Å². The van der Waals surface area contributed by atoms with E-state index in [1.54, 1.807) is 11.3 Å². The van der Waals surface area contributed by atoms with Crippen LogP contribution in [0.2, 0.25) is 0 Å². The molecule has 3 N–H and O–H groups in total. The Morgan fingerprint density at radius 1 is 1.36 bits per heavy atom. The second-order valence-corrected chi connectivity index (χ2v) is 9.08. The van der Waals surface area contributed by atoms with Crippen LogP contribution in [0.1, 0.15) is 49.8 Å². The van der Waals surface area contributed by atoms with Crippen LogP contribution < -0.4 is 11.1 Å². The molecule has 2 bridgehead atoms. The predicted octanol–water partition coefficient (Wildman–Crippen LogP) is 4.06. The molecule has 3 atom stereocenters. The molecule has 1 aromatic heterocycles. The summed E-state index contributed by atoms with van der Waals surface area (Å²) in [5.41, 5.74) is 6.16. The van der Waals surface area contributed by atoms with E-state index in [2.05, 4.69) is 21.2 Å². The summed E-state index contributed by atoms with van der Waals surface area (Å²) in [7, 11) is 0. The summed E-state index contributed by atoms with van der Waals surface area (Å²) in [6.07, 6.45) is 5.87. The van der Waals surface area contributed by atoms with Crippen molar-refractivity contribution >= 4 is 45.6 Å². The monoisotopic (exact) mass is 406 g/mol. The molecule has 124 valence electrons. The zero-order chi connectivity index (χ0) is 15.0. The Labute approximate surface area is 151 Å². The topological polar surface area (TPSA) is 55.1 Å². The van der Waals surface area contributed by atoms with Crippen LogP contribution in [0.15, 0.2) is 15.9 Å². The average molecular weight is 408 g/mol. The van der Waals surface area contributed by atoms with Gasteiger partial charge in [0.1, 0.15) is 0 Å². The highest BCUT2D eigenvalue weighted by Gasteiger charge is 2.40. The minimum atomic E-state index is -0.0716. The van der Waals surface area contributed by atoms with Crippen LogP contribution in [0.5, 0.6) is 0 Å². The van der Waals surface area contributed by atoms with Crippen LogP contribution in [0, 0.1) is 11.8 Å². The first-order valence-electron chi connectivity index (χ1n) is 7.85. The summed E-state index contributed by atoms with van der Waals surface area (Å²) in [5, 5.41) is 3.35. The van der Waals surface area contributed by atoms with Gasteiger partial charge in [-0.2, -0.15) is 0 Å². The van der Waals surface area contributed by atoms with Gasteiger partial charge in [-0.15, -0.1) is 23.7 Å². The first kappa shape index (κ1) is 18.2. The number of hydrogen-bond acceptors (Lipinski definition) is 3. The number of carbonyl (C=O) groups excluding carboxylic acids is 1. The van der Waals surface area contributed by atoms with E-state index in [0.717, 1.165) is 21.5 Å². The molecule has 0 aromatic carbocycles. The highest BCUT2D eigenvalue weighted by Crippen LogP contribution is 2.40. The minimum Gasteiger partial charge on any atom is -0.352 e. The van der Waals surface area contributed by atoms with E-state index < -0.39 is 0 Å². The van der Waals surface area contributed by atoms with Gasteiger partial charge in [0.25, 0.3) is 0 Å². The number of thiophene rings is 1. The van der Waals surface area contributed by atoms with Gasteiger partial charge < -0.3 is 11.1 Å². The van der Waals surface area contributed by atoms with Crippen LogP contribution >= 0.6 is 39.7 Å². The molecule has 22 heavy (non-hydrogen) atoms. The van der Waals surface area contributed by atoms with Crippen molar-refractivity contribution in [2.24, 2.45) is 17.6 Å². The number of nitrogens with two attached hydrogens (primary N) is 1. The molecule has 0 radical (unpaired) electrons. The van der Waals surface area contributed by atoms with Crippen molar-refractivity contribution in [1.82, 2.24) is 5.32 Å². The number of fused-ring (bicyclic) bond motifs is 2. The van der Waals surface area contributed by atoms with E-state index in [9.17, 15) is 4.79 Å².